The van der Waals surface area contributed by atoms with Crippen LogP contribution in [-0.2, 0) is 0 Å². The van der Waals surface area contributed by atoms with Crippen molar-refractivity contribution in [2.24, 2.45) is 0 Å². The first-order valence-electron chi connectivity index (χ1n) is 5.73. The fraction of sp³-hybridized carbons (Fsp3) is 0.154. The van der Waals surface area contributed by atoms with Gasteiger partial charge in [0.1, 0.15) is 11.6 Å². The van der Waals surface area contributed by atoms with E-state index in [1.54, 1.807) is 6.92 Å². The quantitative estimate of drug-likeness (QED) is 0.686. The number of ether oxygens (including phenoxy) is 1. The lowest BCUT2D eigenvalue weighted by Crippen LogP contribution is -1.97. The highest BCUT2D eigenvalue weighted by atomic mass is 19.1. The average Bonchev–Trinajstić information content (AvgIpc) is 2.39. The fourth-order valence-corrected chi connectivity index (χ4v) is 1.55. The van der Waals surface area contributed by atoms with E-state index in [2.05, 4.69) is 4.98 Å². The highest BCUT2D eigenvalue weighted by molar-refractivity contribution is 5.48. The topological polar surface area (TPSA) is 85.5 Å². The van der Waals surface area contributed by atoms with Crippen molar-refractivity contribution in [1.82, 2.24) is 4.98 Å². The maximum atomic E-state index is 13.1. The van der Waals surface area contributed by atoms with E-state index < -0.39 is 16.8 Å². The van der Waals surface area contributed by atoms with Crippen molar-refractivity contribution >= 4 is 5.69 Å². The van der Waals surface area contributed by atoms with Crippen molar-refractivity contribution < 1.29 is 19.2 Å². The van der Waals surface area contributed by atoms with Gasteiger partial charge >= 0.3 is 5.69 Å². The van der Waals surface area contributed by atoms with Crippen LogP contribution in [0.4, 0.5) is 10.1 Å². The molecule has 1 heterocycles. The highest BCUT2D eigenvalue weighted by Crippen LogP contribution is 2.31. The number of aliphatic hydroxyl groups is 1. The summed E-state index contributed by atoms with van der Waals surface area (Å²) in [4.78, 5) is 14.1. The zero-order valence-corrected chi connectivity index (χ0v) is 10.5. The molecule has 7 heteroatoms. The first-order chi connectivity index (χ1) is 9.47. The molecule has 0 saturated heterocycles. The maximum absolute atomic E-state index is 13.1. The van der Waals surface area contributed by atoms with Gasteiger partial charge in [0.2, 0.25) is 5.75 Å². The second-order valence-corrected chi connectivity index (χ2v) is 4.07. The lowest BCUT2D eigenvalue weighted by molar-refractivity contribution is -0.385. The predicted octanol–water partition coefficient (Wildman–Crippen LogP) is 2.97. The van der Waals surface area contributed by atoms with Gasteiger partial charge in [-0.05, 0) is 25.1 Å². The maximum Gasteiger partial charge on any atom is 0.311 e. The van der Waals surface area contributed by atoms with Crippen LogP contribution in [0.1, 0.15) is 18.7 Å². The molecule has 0 aliphatic rings. The number of benzene rings is 1. The Balaban J connectivity index is 2.29. The molecule has 104 valence electrons. The number of rotatable bonds is 4. The number of halogens is 1. The van der Waals surface area contributed by atoms with Crippen molar-refractivity contribution in [3.63, 3.8) is 0 Å². The molecule has 1 aromatic carbocycles. The van der Waals surface area contributed by atoms with Crippen LogP contribution in [0.3, 0.4) is 0 Å². The molecule has 0 amide bonds. The first kappa shape index (κ1) is 13.9. The van der Waals surface area contributed by atoms with E-state index in [0.717, 1.165) is 18.2 Å². The van der Waals surface area contributed by atoms with Gasteiger partial charge < -0.3 is 9.84 Å². The SMILES string of the molecule is C[C@@H](O)c1ccc(Oc2cc(F)ccc2[N+](=O)[O-])cn1. The Bertz CT molecular complexity index is 629. The van der Waals surface area contributed by atoms with Crippen molar-refractivity contribution in [2.75, 3.05) is 0 Å². The summed E-state index contributed by atoms with van der Waals surface area (Å²) in [6, 6.07) is 5.96. The molecule has 0 unspecified atom stereocenters. The number of nitro groups is 1. The lowest BCUT2D eigenvalue weighted by Gasteiger charge is -2.08. The summed E-state index contributed by atoms with van der Waals surface area (Å²) in [6.45, 7) is 1.56. The third-order valence-corrected chi connectivity index (χ3v) is 2.53. The van der Waals surface area contributed by atoms with Crippen molar-refractivity contribution in [1.29, 1.82) is 0 Å². The molecule has 6 nitrogen and oxygen atoms in total. The van der Waals surface area contributed by atoms with E-state index in [1.165, 1.54) is 18.3 Å². The Kier molecular flexibility index (Phi) is 3.90. The zero-order chi connectivity index (χ0) is 14.7. The van der Waals surface area contributed by atoms with Crippen LogP contribution in [-0.4, -0.2) is 15.0 Å². The molecule has 2 aromatic rings. The van der Waals surface area contributed by atoms with Gasteiger partial charge in [0.05, 0.1) is 22.9 Å². The minimum absolute atomic E-state index is 0.207. The minimum atomic E-state index is -0.729. The molecule has 0 bridgehead atoms. The number of hydrogen-bond acceptors (Lipinski definition) is 5. The second-order valence-electron chi connectivity index (χ2n) is 4.07. The third-order valence-electron chi connectivity index (χ3n) is 2.53. The van der Waals surface area contributed by atoms with E-state index >= 15 is 0 Å². The Morgan fingerprint density at radius 2 is 2.15 bits per heavy atom. The molecular weight excluding hydrogens is 267 g/mol. The van der Waals surface area contributed by atoms with Crippen LogP contribution in [0.5, 0.6) is 11.5 Å². The van der Waals surface area contributed by atoms with Crippen LogP contribution < -0.4 is 4.74 Å². The highest BCUT2D eigenvalue weighted by Gasteiger charge is 2.17. The van der Waals surface area contributed by atoms with Crippen LogP contribution in [0, 0.1) is 15.9 Å². The molecule has 1 aromatic heterocycles. The monoisotopic (exact) mass is 278 g/mol. The average molecular weight is 278 g/mol. The number of hydrogen-bond donors (Lipinski definition) is 1. The summed E-state index contributed by atoms with van der Waals surface area (Å²) in [7, 11) is 0. The minimum Gasteiger partial charge on any atom is -0.448 e. The normalized spacial score (nSPS) is 11.9. The van der Waals surface area contributed by atoms with Gasteiger partial charge in [-0.3, -0.25) is 15.1 Å². The Labute approximate surface area is 113 Å². The van der Waals surface area contributed by atoms with Gasteiger partial charge in [0, 0.05) is 12.1 Å². The Morgan fingerprint density at radius 3 is 2.70 bits per heavy atom. The fourth-order valence-electron chi connectivity index (χ4n) is 1.55. The molecule has 0 spiro atoms. The Morgan fingerprint density at radius 1 is 1.40 bits per heavy atom. The van der Waals surface area contributed by atoms with Gasteiger partial charge in [-0.1, -0.05) is 0 Å². The number of nitrogens with zero attached hydrogens (tertiary/aromatic N) is 2. The van der Waals surface area contributed by atoms with Gasteiger partial charge in [0.15, 0.2) is 0 Å². The lowest BCUT2D eigenvalue weighted by atomic mass is 10.2. The molecular formula is C13H11FN2O4. The number of pyridine rings is 1. The van der Waals surface area contributed by atoms with Crippen LogP contribution >= 0.6 is 0 Å². The number of aromatic nitrogens is 1. The van der Waals surface area contributed by atoms with E-state index in [1.807, 2.05) is 0 Å². The molecule has 0 fully saturated rings. The van der Waals surface area contributed by atoms with Crippen molar-refractivity contribution in [3.05, 3.63) is 58.2 Å². The molecule has 1 N–H and O–H groups in total. The van der Waals surface area contributed by atoms with Crippen molar-refractivity contribution in [2.45, 2.75) is 13.0 Å². The Hall–Kier alpha value is -2.54. The third kappa shape index (κ3) is 3.07. The molecule has 0 saturated carbocycles. The largest absolute Gasteiger partial charge is 0.448 e. The summed E-state index contributed by atoms with van der Waals surface area (Å²) < 4.78 is 18.4. The second kappa shape index (κ2) is 5.62. The van der Waals surface area contributed by atoms with Gasteiger partial charge in [-0.25, -0.2) is 4.39 Å². The van der Waals surface area contributed by atoms with E-state index in [0.29, 0.717) is 5.69 Å². The molecule has 0 aliphatic heterocycles. The molecule has 1 atom stereocenters. The van der Waals surface area contributed by atoms with Gasteiger partial charge in [0.25, 0.3) is 0 Å². The van der Waals surface area contributed by atoms with Crippen LogP contribution in [0.15, 0.2) is 36.5 Å². The van der Waals surface area contributed by atoms with Gasteiger partial charge in [-0.15, -0.1) is 0 Å². The summed E-state index contributed by atoms with van der Waals surface area (Å²) >= 11 is 0. The summed E-state index contributed by atoms with van der Waals surface area (Å²) in [5.74, 6) is -0.635. The standard InChI is InChI=1S/C13H11FN2O4/c1-8(17)11-4-3-10(7-15-11)20-13-6-9(14)2-5-12(13)16(18)19/h2-8,17H,1H3/t8-/m1/s1. The number of nitro benzene ring substituents is 1. The smallest absolute Gasteiger partial charge is 0.311 e. The van der Waals surface area contributed by atoms with Crippen LogP contribution in [0.25, 0.3) is 0 Å². The van der Waals surface area contributed by atoms with Crippen molar-refractivity contribution in [3.8, 4) is 11.5 Å². The molecule has 20 heavy (non-hydrogen) atoms. The van der Waals surface area contributed by atoms with E-state index in [4.69, 9.17) is 4.74 Å². The van der Waals surface area contributed by atoms with E-state index in [-0.39, 0.29) is 17.2 Å². The van der Waals surface area contributed by atoms with Gasteiger partial charge in [-0.2, -0.15) is 0 Å². The summed E-state index contributed by atoms with van der Waals surface area (Å²) in [5, 5.41) is 20.1. The van der Waals surface area contributed by atoms with E-state index in [9.17, 15) is 19.6 Å². The van der Waals surface area contributed by atoms with Crippen LogP contribution in [0.2, 0.25) is 0 Å². The molecule has 0 aliphatic carbocycles. The summed E-state index contributed by atoms with van der Waals surface area (Å²) in [5.41, 5.74) is 0.0945. The number of aliphatic hydroxyl groups excluding tert-OH is 1. The zero-order valence-electron chi connectivity index (χ0n) is 10.5. The molecule has 0 radical (unpaired) electrons. The predicted molar refractivity (Wildman–Crippen MR) is 68.0 cm³/mol. The molecule has 2 rings (SSSR count). The summed E-state index contributed by atoms with van der Waals surface area (Å²) in [6.07, 6.45) is 0.573. The first-order valence-corrected chi connectivity index (χ1v) is 5.73.